The van der Waals surface area contributed by atoms with Crippen molar-refractivity contribution in [1.82, 2.24) is 15.7 Å². The first-order chi connectivity index (χ1) is 15.8. The molecule has 0 bridgehead atoms. The van der Waals surface area contributed by atoms with Gasteiger partial charge in [-0.1, -0.05) is 48.6 Å². The van der Waals surface area contributed by atoms with Gasteiger partial charge in [-0.25, -0.2) is 0 Å². The third-order valence-corrected chi connectivity index (χ3v) is 6.80. The van der Waals surface area contributed by atoms with E-state index in [2.05, 4.69) is 65.2 Å². The minimum absolute atomic E-state index is 0.269. The summed E-state index contributed by atoms with van der Waals surface area (Å²) in [6.07, 6.45) is 8.66. The number of H-pyrrole nitrogens is 1. The van der Waals surface area contributed by atoms with Gasteiger partial charge in [0.1, 0.15) is 5.69 Å². The summed E-state index contributed by atoms with van der Waals surface area (Å²) >= 11 is 0. The highest BCUT2D eigenvalue weighted by Gasteiger charge is 2.38. The van der Waals surface area contributed by atoms with Crippen molar-refractivity contribution < 1.29 is 14.3 Å². The molecule has 1 unspecified atom stereocenters. The number of nitrogens with zero attached hydrogens (tertiary/aromatic N) is 1. The van der Waals surface area contributed by atoms with E-state index in [0.29, 0.717) is 0 Å². The summed E-state index contributed by atoms with van der Waals surface area (Å²) < 4.78 is 11.2. The Morgan fingerprint density at radius 1 is 1.06 bits per heavy atom. The fourth-order valence-electron chi connectivity index (χ4n) is 4.92. The van der Waals surface area contributed by atoms with Crippen LogP contribution >= 0.6 is 0 Å². The molecule has 0 spiro atoms. The van der Waals surface area contributed by atoms with Crippen molar-refractivity contribution in [2.45, 2.75) is 31.1 Å². The van der Waals surface area contributed by atoms with Crippen molar-refractivity contribution in [2.24, 2.45) is 0 Å². The van der Waals surface area contributed by atoms with Crippen LogP contribution in [0.3, 0.4) is 0 Å². The Morgan fingerprint density at radius 3 is 2.69 bits per heavy atom. The van der Waals surface area contributed by atoms with Gasteiger partial charge in [-0.3, -0.25) is 15.4 Å². The molecule has 2 aliphatic carbocycles. The van der Waals surface area contributed by atoms with Gasteiger partial charge in [-0.15, -0.1) is 0 Å². The van der Waals surface area contributed by atoms with Crippen LogP contribution in [-0.4, -0.2) is 24.1 Å². The molecule has 1 saturated carbocycles. The minimum atomic E-state index is -0.336. The molecule has 6 heteroatoms. The van der Waals surface area contributed by atoms with E-state index in [1.54, 1.807) is 7.11 Å². The maximum atomic E-state index is 5.69. The van der Waals surface area contributed by atoms with Crippen LogP contribution in [0.5, 0.6) is 11.5 Å². The molecule has 2 N–H and O–H groups in total. The molecule has 1 aromatic heterocycles. The van der Waals surface area contributed by atoms with E-state index >= 15 is 0 Å². The zero-order valence-corrected chi connectivity index (χ0v) is 18.0. The van der Waals surface area contributed by atoms with E-state index in [1.165, 1.54) is 23.1 Å². The van der Waals surface area contributed by atoms with Crippen LogP contribution in [0.4, 0.5) is 0 Å². The molecule has 3 aromatic rings. The van der Waals surface area contributed by atoms with Crippen LogP contribution < -0.4 is 15.0 Å². The van der Waals surface area contributed by atoms with Crippen LogP contribution in [0, 0.1) is 0 Å². The van der Waals surface area contributed by atoms with Crippen LogP contribution in [0.1, 0.15) is 47.3 Å². The third-order valence-electron chi connectivity index (χ3n) is 6.80. The number of hydrogen-bond acceptors (Lipinski definition) is 5. The van der Waals surface area contributed by atoms with Gasteiger partial charge in [0.2, 0.25) is 6.79 Å². The van der Waals surface area contributed by atoms with E-state index in [4.69, 9.17) is 19.4 Å². The lowest BCUT2D eigenvalue weighted by Crippen LogP contribution is -2.30. The van der Waals surface area contributed by atoms with E-state index in [0.717, 1.165) is 53.4 Å². The van der Waals surface area contributed by atoms with Crippen molar-refractivity contribution >= 4 is 11.8 Å². The Bertz CT molecular complexity index is 1220. The Balaban J connectivity index is 1.47. The number of hydrogen-bond donors (Lipinski definition) is 2. The largest absolute Gasteiger partial charge is 0.454 e. The molecule has 0 saturated heterocycles. The first kappa shape index (κ1) is 19.2. The highest BCUT2D eigenvalue weighted by molar-refractivity contribution is 5.76. The lowest BCUT2D eigenvalue weighted by atomic mass is 9.68. The van der Waals surface area contributed by atoms with E-state index in [9.17, 15) is 0 Å². The Morgan fingerprint density at radius 2 is 1.91 bits per heavy atom. The average Bonchev–Trinajstić information content (AvgIpc) is 3.44. The second-order valence-corrected chi connectivity index (χ2v) is 8.52. The number of hydroxylamine groups is 1. The molecule has 3 aliphatic rings. The lowest BCUT2D eigenvalue weighted by molar-refractivity contribution is 0.135. The summed E-state index contributed by atoms with van der Waals surface area (Å²) in [6, 6.07) is 16.9. The van der Waals surface area contributed by atoms with Gasteiger partial charge < -0.3 is 9.47 Å². The number of aromatic amines is 1. The summed E-state index contributed by atoms with van der Waals surface area (Å²) in [5.74, 6) is 1.59. The van der Waals surface area contributed by atoms with Crippen LogP contribution in [0.15, 0.2) is 60.2 Å². The lowest BCUT2D eigenvalue weighted by Gasteiger charge is -2.34. The first-order valence-corrected chi connectivity index (χ1v) is 11.0. The molecule has 1 atom stereocenters. The van der Waals surface area contributed by atoms with Gasteiger partial charge in [-0.2, -0.15) is 5.10 Å². The molecule has 32 heavy (non-hydrogen) atoms. The summed E-state index contributed by atoms with van der Waals surface area (Å²) in [6.45, 7) is 0.269. The fraction of sp³-hybridized carbons (Fsp3) is 0.269. The molecular formula is C26H25N3O3. The summed E-state index contributed by atoms with van der Waals surface area (Å²) in [5, 5.41) is 8.04. The summed E-state index contributed by atoms with van der Waals surface area (Å²) in [7, 11) is 1.65. The third kappa shape index (κ3) is 2.94. The van der Waals surface area contributed by atoms with Gasteiger partial charge in [0, 0.05) is 23.1 Å². The number of rotatable bonds is 5. The molecule has 0 amide bonds. The smallest absolute Gasteiger partial charge is 0.231 e. The normalized spacial score (nSPS) is 20.6. The van der Waals surface area contributed by atoms with Crippen LogP contribution in [0.25, 0.3) is 11.8 Å². The van der Waals surface area contributed by atoms with Gasteiger partial charge in [0.25, 0.3) is 0 Å². The van der Waals surface area contributed by atoms with Crippen molar-refractivity contribution in [2.75, 3.05) is 13.9 Å². The number of nitrogens with one attached hydrogen (secondary N) is 2. The molecule has 162 valence electrons. The minimum Gasteiger partial charge on any atom is -0.454 e. The number of allylic oxidation sites excluding steroid dienone is 2. The highest BCUT2D eigenvalue weighted by atomic mass is 16.7. The Hall–Kier alpha value is -3.51. The molecule has 6 nitrogen and oxygen atoms in total. The molecule has 2 aromatic carbocycles. The molecule has 1 aliphatic heterocycles. The SMILES string of the molecule is CONC(=C1CCC1)c1n[nH]c2c1C=CC(c1ccccc1)(c1ccc3c(c1)OCO3)C2. The zero-order chi connectivity index (χ0) is 21.5. The number of fused-ring (bicyclic) bond motifs is 2. The molecular weight excluding hydrogens is 402 g/mol. The highest BCUT2D eigenvalue weighted by Crippen LogP contribution is 2.45. The van der Waals surface area contributed by atoms with Crippen molar-refractivity contribution in [3.05, 3.63) is 88.3 Å². The maximum Gasteiger partial charge on any atom is 0.231 e. The predicted octanol–water partition coefficient (Wildman–Crippen LogP) is 4.74. The van der Waals surface area contributed by atoms with E-state index < -0.39 is 0 Å². The van der Waals surface area contributed by atoms with Crippen molar-refractivity contribution in [3.63, 3.8) is 0 Å². The quantitative estimate of drug-likeness (QED) is 0.576. The fourth-order valence-corrected chi connectivity index (χ4v) is 4.92. The Labute approximate surface area is 186 Å². The number of benzene rings is 2. The standard InChI is InChI=1S/C26H25N3O3/c1-30-29-24(17-6-5-7-17)25-20-12-13-26(15-21(20)27-28-25,18-8-3-2-4-9-18)19-10-11-22-23(14-19)32-16-31-22/h2-4,8-14,29H,5-7,15-16H2,1H3,(H,27,28). The van der Waals surface area contributed by atoms with E-state index in [1.807, 2.05) is 6.07 Å². The van der Waals surface area contributed by atoms with Crippen molar-refractivity contribution in [1.29, 1.82) is 0 Å². The summed E-state index contributed by atoms with van der Waals surface area (Å²) in [5.41, 5.74) is 10.7. The Kier molecular flexibility index (Phi) is 4.54. The number of aromatic nitrogens is 2. The molecule has 6 rings (SSSR count). The maximum absolute atomic E-state index is 5.69. The molecule has 1 fully saturated rings. The first-order valence-electron chi connectivity index (χ1n) is 11.0. The average molecular weight is 428 g/mol. The van der Waals surface area contributed by atoms with Crippen LogP contribution in [0.2, 0.25) is 0 Å². The van der Waals surface area contributed by atoms with Crippen molar-refractivity contribution in [3.8, 4) is 11.5 Å². The van der Waals surface area contributed by atoms with Gasteiger partial charge >= 0.3 is 0 Å². The zero-order valence-electron chi connectivity index (χ0n) is 18.0. The van der Waals surface area contributed by atoms with Gasteiger partial charge in [-0.05, 0) is 48.1 Å². The molecule has 2 heterocycles. The van der Waals surface area contributed by atoms with Gasteiger partial charge in [0.05, 0.1) is 12.8 Å². The molecule has 0 radical (unpaired) electrons. The van der Waals surface area contributed by atoms with Gasteiger partial charge in [0.15, 0.2) is 11.5 Å². The summed E-state index contributed by atoms with van der Waals surface area (Å²) in [4.78, 5) is 5.29. The second kappa shape index (κ2) is 7.57. The van der Waals surface area contributed by atoms with E-state index in [-0.39, 0.29) is 12.2 Å². The second-order valence-electron chi connectivity index (χ2n) is 8.52. The van der Waals surface area contributed by atoms with Crippen LogP contribution in [-0.2, 0) is 16.7 Å². The number of ether oxygens (including phenoxy) is 2. The predicted molar refractivity (Wildman–Crippen MR) is 122 cm³/mol. The topological polar surface area (TPSA) is 68.4 Å². The monoisotopic (exact) mass is 427 g/mol.